The Labute approximate surface area is 112 Å². The highest BCUT2D eigenvalue weighted by atomic mass is 16.3. The lowest BCUT2D eigenvalue weighted by Crippen LogP contribution is -1.82. The molecule has 0 atom stereocenters. The van der Waals surface area contributed by atoms with E-state index in [0.717, 1.165) is 39.0 Å². The first-order chi connectivity index (χ1) is 9.09. The summed E-state index contributed by atoms with van der Waals surface area (Å²) in [5.41, 5.74) is 4.81. The average Bonchev–Trinajstić information content (AvgIpc) is 2.75. The molecular weight excluding hydrogens is 236 g/mol. The van der Waals surface area contributed by atoms with Gasteiger partial charge in [0.15, 0.2) is 0 Å². The number of aryl methyl sites for hydroxylation is 2. The van der Waals surface area contributed by atoms with E-state index in [2.05, 4.69) is 6.07 Å². The number of furan rings is 1. The van der Waals surface area contributed by atoms with E-state index >= 15 is 0 Å². The fourth-order valence-corrected chi connectivity index (χ4v) is 2.40. The monoisotopic (exact) mass is 251 g/mol. The molecule has 3 aromatic rings. The van der Waals surface area contributed by atoms with Gasteiger partial charge in [-0.05, 0) is 44.0 Å². The van der Waals surface area contributed by atoms with E-state index in [1.54, 1.807) is 6.07 Å². The minimum atomic E-state index is 0.321. The summed E-state index contributed by atoms with van der Waals surface area (Å²) in [6.07, 6.45) is 0. The van der Waals surface area contributed by atoms with Crippen molar-refractivity contribution in [3.05, 3.63) is 53.1 Å². The molecule has 3 rings (SSSR count). The average molecular weight is 251 g/mol. The molecule has 2 heteroatoms. The zero-order valence-electron chi connectivity index (χ0n) is 11.2. The third-order valence-corrected chi connectivity index (χ3v) is 3.74. The summed E-state index contributed by atoms with van der Waals surface area (Å²) >= 11 is 0. The molecular formula is C17H15O2. The van der Waals surface area contributed by atoms with Gasteiger partial charge in [-0.25, -0.2) is 0 Å². The molecule has 1 radical (unpaired) electrons. The molecule has 0 unspecified atom stereocenters. The van der Waals surface area contributed by atoms with Crippen LogP contribution in [0.3, 0.4) is 0 Å². The molecule has 0 amide bonds. The Kier molecular flexibility index (Phi) is 2.59. The number of fused-ring (bicyclic) bond motifs is 1. The van der Waals surface area contributed by atoms with E-state index in [0.29, 0.717) is 5.75 Å². The van der Waals surface area contributed by atoms with Crippen LogP contribution in [0, 0.1) is 26.8 Å². The van der Waals surface area contributed by atoms with Crippen molar-refractivity contribution < 1.29 is 9.52 Å². The molecule has 0 fully saturated rings. The van der Waals surface area contributed by atoms with Crippen molar-refractivity contribution in [2.75, 3.05) is 0 Å². The second-order valence-electron chi connectivity index (χ2n) is 4.87. The third kappa shape index (κ3) is 1.72. The third-order valence-electron chi connectivity index (χ3n) is 3.74. The quantitative estimate of drug-likeness (QED) is 0.689. The Morgan fingerprint density at radius 2 is 1.68 bits per heavy atom. The van der Waals surface area contributed by atoms with Crippen molar-refractivity contribution in [3.63, 3.8) is 0 Å². The molecule has 1 aromatic heterocycles. The maximum Gasteiger partial charge on any atom is 0.138 e. The highest BCUT2D eigenvalue weighted by Gasteiger charge is 2.16. The van der Waals surface area contributed by atoms with Crippen molar-refractivity contribution in [1.29, 1.82) is 0 Å². The van der Waals surface area contributed by atoms with E-state index in [4.69, 9.17) is 4.42 Å². The van der Waals surface area contributed by atoms with Gasteiger partial charge in [-0.3, -0.25) is 0 Å². The van der Waals surface area contributed by atoms with Gasteiger partial charge < -0.3 is 9.52 Å². The van der Waals surface area contributed by atoms with Gasteiger partial charge in [0, 0.05) is 16.5 Å². The van der Waals surface area contributed by atoms with Crippen LogP contribution in [0.2, 0.25) is 0 Å². The molecule has 19 heavy (non-hydrogen) atoms. The number of phenolic OH excluding ortho intramolecular Hbond substituents is 1. The van der Waals surface area contributed by atoms with Gasteiger partial charge in [-0.15, -0.1) is 0 Å². The van der Waals surface area contributed by atoms with Gasteiger partial charge in [-0.2, -0.15) is 0 Å². The van der Waals surface area contributed by atoms with Crippen LogP contribution in [-0.4, -0.2) is 5.11 Å². The van der Waals surface area contributed by atoms with E-state index in [-0.39, 0.29) is 0 Å². The van der Waals surface area contributed by atoms with Crippen LogP contribution in [0.15, 0.2) is 34.7 Å². The summed E-state index contributed by atoms with van der Waals surface area (Å²) in [6.45, 7) is 5.90. The molecule has 0 aliphatic rings. The Balaban J connectivity index is 2.36. The molecule has 1 N–H and O–H groups in total. The van der Waals surface area contributed by atoms with Crippen LogP contribution in [0.4, 0.5) is 0 Å². The van der Waals surface area contributed by atoms with Gasteiger partial charge >= 0.3 is 0 Å². The maximum absolute atomic E-state index is 9.96. The van der Waals surface area contributed by atoms with Crippen LogP contribution in [0.1, 0.15) is 16.7 Å². The summed E-state index contributed by atoms with van der Waals surface area (Å²) in [5.74, 6) is 1.18. The number of hydrogen-bond acceptors (Lipinski definition) is 2. The Morgan fingerprint density at radius 3 is 2.37 bits per heavy atom. The topological polar surface area (TPSA) is 33.4 Å². The molecule has 0 aliphatic carbocycles. The van der Waals surface area contributed by atoms with E-state index in [1.165, 1.54) is 0 Å². The Morgan fingerprint density at radius 1 is 1.00 bits per heavy atom. The minimum Gasteiger partial charge on any atom is -0.508 e. The summed E-state index contributed by atoms with van der Waals surface area (Å²) in [7, 11) is 0. The van der Waals surface area contributed by atoms with Crippen LogP contribution >= 0.6 is 0 Å². The van der Waals surface area contributed by atoms with E-state index < -0.39 is 0 Å². The zero-order valence-corrected chi connectivity index (χ0v) is 11.2. The molecule has 0 saturated heterocycles. The lowest BCUT2D eigenvalue weighted by atomic mass is 10.0. The van der Waals surface area contributed by atoms with Crippen molar-refractivity contribution >= 4 is 11.0 Å². The number of hydrogen-bond donors (Lipinski definition) is 1. The summed E-state index contributed by atoms with van der Waals surface area (Å²) in [6, 6.07) is 12.5. The summed E-state index contributed by atoms with van der Waals surface area (Å²) in [4.78, 5) is 0. The van der Waals surface area contributed by atoms with Crippen LogP contribution < -0.4 is 0 Å². The van der Waals surface area contributed by atoms with Crippen molar-refractivity contribution in [3.8, 4) is 17.1 Å². The maximum atomic E-state index is 9.96. The number of aromatic hydroxyl groups is 1. The zero-order chi connectivity index (χ0) is 13.6. The molecule has 0 saturated carbocycles. The number of benzene rings is 2. The fraction of sp³-hybridized carbons (Fsp3) is 0.176. The number of rotatable bonds is 1. The van der Waals surface area contributed by atoms with Crippen LogP contribution in [-0.2, 0) is 0 Å². The molecule has 2 aromatic carbocycles. The van der Waals surface area contributed by atoms with Gasteiger partial charge in [-0.1, -0.05) is 24.3 Å². The smallest absolute Gasteiger partial charge is 0.138 e. The first kappa shape index (κ1) is 11.8. The Hall–Kier alpha value is -2.22. The van der Waals surface area contributed by atoms with Crippen molar-refractivity contribution in [2.45, 2.75) is 20.8 Å². The van der Waals surface area contributed by atoms with Gasteiger partial charge in [0.1, 0.15) is 17.1 Å². The second kappa shape index (κ2) is 4.16. The second-order valence-corrected chi connectivity index (χ2v) is 4.87. The standard InChI is InChI=1S/C17H15O2/c1-10-11(2)17-14(9-15(10)18)12(3)16(19-17)13-7-5-4-6-8-13/h5-9,18H,1-3H3. The van der Waals surface area contributed by atoms with Gasteiger partial charge in [0.2, 0.25) is 0 Å². The lowest BCUT2D eigenvalue weighted by Gasteiger charge is -2.03. The normalized spacial score (nSPS) is 11.1. The van der Waals surface area contributed by atoms with Gasteiger partial charge in [0.05, 0.1) is 0 Å². The van der Waals surface area contributed by atoms with E-state index in [1.807, 2.05) is 45.0 Å². The minimum absolute atomic E-state index is 0.321. The highest BCUT2D eigenvalue weighted by Crippen LogP contribution is 2.38. The molecule has 0 spiro atoms. The lowest BCUT2D eigenvalue weighted by molar-refractivity contribution is 0.471. The predicted molar refractivity (Wildman–Crippen MR) is 76.4 cm³/mol. The van der Waals surface area contributed by atoms with Gasteiger partial charge in [0.25, 0.3) is 0 Å². The van der Waals surface area contributed by atoms with Crippen molar-refractivity contribution in [2.24, 2.45) is 0 Å². The summed E-state index contributed by atoms with van der Waals surface area (Å²) < 4.78 is 6.03. The molecule has 0 bridgehead atoms. The first-order valence-electron chi connectivity index (χ1n) is 6.28. The Bertz CT molecular complexity index is 752. The molecule has 1 heterocycles. The van der Waals surface area contributed by atoms with E-state index in [9.17, 15) is 5.11 Å². The van der Waals surface area contributed by atoms with Crippen LogP contribution in [0.5, 0.6) is 5.75 Å². The highest BCUT2D eigenvalue weighted by molar-refractivity contribution is 5.91. The summed E-state index contributed by atoms with van der Waals surface area (Å²) in [5, 5.41) is 10.9. The number of phenols is 1. The van der Waals surface area contributed by atoms with Crippen molar-refractivity contribution in [1.82, 2.24) is 0 Å². The largest absolute Gasteiger partial charge is 0.508 e. The fourth-order valence-electron chi connectivity index (χ4n) is 2.40. The van der Waals surface area contributed by atoms with Crippen LogP contribution in [0.25, 0.3) is 22.3 Å². The predicted octanol–water partition coefficient (Wildman–Crippen LogP) is 4.53. The first-order valence-corrected chi connectivity index (χ1v) is 6.28. The molecule has 95 valence electrons. The molecule has 2 nitrogen and oxygen atoms in total. The SMILES string of the molecule is Cc1c(O)cc2c(C)c(-c3cc[c]cc3)oc2c1C. The molecule has 0 aliphatic heterocycles.